The third kappa shape index (κ3) is 4.09. The Morgan fingerprint density at radius 3 is 2.93 bits per heavy atom. The monoisotopic (exact) mass is 216 g/mol. The summed E-state index contributed by atoms with van der Waals surface area (Å²) in [6, 6.07) is 0. The number of hydrogen-bond acceptors (Lipinski definition) is 3. The fourth-order valence-corrected chi connectivity index (χ4v) is 0.761. The quantitative estimate of drug-likeness (QED) is 0.787. The van der Waals surface area contributed by atoms with Crippen LogP contribution >= 0.6 is 11.6 Å². The van der Waals surface area contributed by atoms with Gasteiger partial charge in [0.05, 0.1) is 6.20 Å². The molecule has 0 saturated heterocycles. The second-order valence-corrected chi connectivity index (χ2v) is 2.37. The van der Waals surface area contributed by atoms with E-state index in [1.54, 1.807) is 6.08 Å². The van der Waals surface area contributed by atoms with Crippen molar-refractivity contribution in [1.82, 2.24) is 9.97 Å². The summed E-state index contributed by atoms with van der Waals surface area (Å²) < 4.78 is 5.02. The van der Waals surface area contributed by atoms with E-state index in [1.807, 2.05) is 13.8 Å². The van der Waals surface area contributed by atoms with Gasteiger partial charge in [0.1, 0.15) is 11.6 Å². The van der Waals surface area contributed by atoms with E-state index >= 15 is 0 Å². The highest BCUT2D eigenvalue weighted by atomic mass is 35.5. The Labute approximate surface area is 87.6 Å². The van der Waals surface area contributed by atoms with Gasteiger partial charge in [0.15, 0.2) is 0 Å². The molecule has 0 aliphatic carbocycles. The lowest BCUT2D eigenvalue weighted by Gasteiger charge is -2.02. The predicted octanol–water partition coefficient (Wildman–Crippen LogP) is 2.01. The molecule has 4 nitrogen and oxygen atoms in total. The van der Waals surface area contributed by atoms with Crippen LogP contribution in [-0.4, -0.2) is 16.6 Å². The van der Waals surface area contributed by atoms with Crippen molar-refractivity contribution in [2.75, 3.05) is 6.61 Å². The first-order chi connectivity index (χ1) is 6.74. The molecule has 0 atom stereocenters. The zero-order chi connectivity index (χ0) is 11.0. The second kappa shape index (κ2) is 7.15. The fourth-order valence-electron chi connectivity index (χ4n) is 0.610. The average Bonchev–Trinajstić information content (AvgIpc) is 2.22. The molecular formula is C9H13ClN2O2. The maximum absolute atomic E-state index is 10.7. The highest BCUT2D eigenvalue weighted by molar-refractivity contribution is 6.31. The first-order valence-corrected chi connectivity index (χ1v) is 4.60. The van der Waals surface area contributed by atoms with E-state index in [0.29, 0.717) is 6.61 Å². The van der Waals surface area contributed by atoms with Gasteiger partial charge in [-0.05, 0) is 0 Å². The molecule has 0 aliphatic rings. The number of aromatic amines is 1. The number of nitrogens with one attached hydrogen (secondary N) is 1. The van der Waals surface area contributed by atoms with Crippen LogP contribution in [0.15, 0.2) is 23.6 Å². The molecule has 0 spiro atoms. The van der Waals surface area contributed by atoms with Gasteiger partial charge in [-0.1, -0.05) is 38.1 Å². The number of ether oxygens (including phenoxy) is 1. The molecule has 1 aromatic rings. The van der Waals surface area contributed by atoms with E-state index in [-0.39, 0.29) is 10.9 Å². The fraction of sp³-hybridized carbons (Fsp3) is 0.333. The highest BCUT2D eigenvalue weighted by Gasteiger charge is 2.00. The Hall–Kier alpha value is -1.29. The van der Waals surface area contributed by atoms with Crippen LogP contribution < -0.4 is 10.4 Å². The van der Waals surface area contributed by atoms with Crippen molar-refractivity contribution < 1.29 is 4.74 Å². The van der Waals surface area contributed by atoms with Crippen LogP contribution in [0, 0.1) is 0 Å². The van der Waals surface area contributed by atoms with E-state index in [2.05, 4.69) is 16.5 Å². The third-order valence-electron chi connectivity index (χ3n) is 1.08. The van der Waals surface area contributed by atoms with E-state index in [0.717, 1.165) is 0 Å². The summed E-state index contributed by atoms with van der Waals surface area (Å²) in [5.41, 5.74) is -0.488. The first-order valence-electron chi connectivity index (χ1n) is 4.22. The number of nitrogens with zero attached hydrogens (tertiary/aromatic N) is 1. The second-order valence-electron chi connectivity index (χ2n) is 1.97. The summed E-state index contributed by atoms with van der Waals surface area (Å²) in [6.07, 6.45) is 2.79. The molecule has 14 heavy (non-hydrogen) atoms. The van der Waals surface area contributed by atoms with Crippen LogP contribution in [0.4, 0.5) is 0 Å². The summed E-state index contributed by atoms with van der Waals surface area (Å²) in [6.45, 7) is 7.74. The van der Waals surface area contributed by atoms with E-state index in [1.165, 1.54) is 6.20 Å². The Bertz CT molecular complexity index is 336. The number of rotatable bonds is 3. The number of halogens is 1. The van der Waals surface area contributed by atoms with E-state index in [9.17, 15) is 4.79 Å². The number of hydrogen-bond donors (Lipinski definition) is 1. The summed E-state index contributed by atoms with van der Waals surface area (Å²) in [5.74, 6) is 0.219. The zero-order valence-corrected chi connectivity index (χ0v) is 8.97. The molecule has 0 saturated carbocycles. The van der Waals surface area contributed by atoms with Gasteiger partial charge in [-0.3, -0.25) is 4.98 Å². The van der Waals surface area contributed by atoms with Crippen molar-refractivity contribution in [3.63, 3.8) is 0 Å². The van der Waals surface area contributed by atoms with Crippen molar-refractivity contribution in [2.24, 2.45) is 0 Å². The molecule has 0 aromatic carbocycles. The first kappa shape index (κ1) is 12.7. The summed E-state index contributed by atoms with van der Waals surface area (Å²) >= 11 is 5.64. The average molecular weight is 217 g/mol. The van der Waals surface area contributed by atoms with Gasteiger partial charge in [-0.15, -0.1) is 0 Å². The van der Waals surface area contributed by atoms with Crippen LogP contribution in [0.3, 0.4) is 0 Å². The topological polar surface area (TPSA) is 55.0 Å². The van der Waals surface area contributed by atoms with Gasteiger partial charge in [0.2, 0.25) is 5.88 Å². The molecule has 1 rings (SSSR count). The molecule has 0 radical (unpaired) electrons. The van der Waals surface area contributed by atoms with Crippen molar-refractivity contribution in [3.8, 4) is 5.88 Å². The molecular weight excluding hydrogens is 204 g/mol. The van der Waals surface area contributed by atoms with Crippen molar-refractivity contribution in [2.45, 2.75) is 13.8 Å². The van der Waals surface area contributed by atoms with Gasteiger partial charge in [0.25, 0.3) is 0 Å². The predicted molar refractivity (Wildman–Crippen MR) is 56.9 cm³/mol. The Morgan fingerprint density at radius 1 is 1.71 bits per heavy atom. The van der Waals surface area contributed by atoms with E-state index in [4.69, 9.17) is 16.3 Å². The minimum absolute atomic E-state index is 0.219. The Kier molecular flexibility index (Phi) is 6.49. The molecule has 1 aromatic heterocycles. The SMILES string of the molecule is C=CCOc1[nH]c(=O)ncc1Cl.CC. The molecule has 0 unspecified atom stereocenters. The van der Waals surface area contributed by atoms with Crippen molar-refractivity contribution >= 4 is 11.6 Å². The minimum Gasteiger partial charge on any atom is -0.474 e. The molecule has 78 valence electrons. The van der Waals surface area contributed by atoms with Crippen LogP contribution in [0.1, 0.15) is 13.8 Å². The smallest absolute Gasteiger partial charge is 0.347 e. The molecule has 1 N–H and O–H groups in total. The van der Waals surface area contributed by atoms with E-state index < -0.39 is 5.69 Å². The molecule has 1 heterocycles. The summed E-state index contributed by atoms with van der Waals surface area (Å²) in [4.78, 5) is 16.4. The van der Waals surface area contributed by atoms with Gasteiger partial charge in [-0.2, -0.15) is 4.98 Å². The normalized spacial score (nSPS) is 8.50. The lowest BCUT2D eigenvalue weighted by Crippen LogP contribution is -2.11. The maximum atomic E-state index is 10.7. The molecule has 0 amide bonds. The van der Waals surface area contributed by atoms with Crippen LogP contribution in [-0.2, 0) is 0 Å². The lowest BCUT2D eigenvalue weighted by atomic mass is 10.6. The molecule has 0 aliphatic heterocycles. The Balaban J connectivity index is 0.000000791. The van der Waals surface area contributed by atoms with Crippen molar-refractivity contribution in [3.05, 3.63) is 34.4 Å². The van der Waals surface area contributed by atoms with Gasteiger partial charge in [-0.25, -0.2) is 4.79 Å². The van der Waals surface area contributed by atoms with Crippen molar-refractivity contribution in [1.29, 1.82) is 0 Å². The number of aromatic nitrogens is 2. The zero-order valence-electron chi connectivity index (χ0n) is 8.21. The molecule has 5 heteroatoms. The van der Waals surface area contributed by atoms with Crippen LogP contribution in [0.25, 0.3) is 0 Å². The Morgan fingerprint density at radius 2 is 2.36 bits per heavy atom. The van der Waals surface area contributed by atoms with Crippen LogP contribution in [0.5, 0.6) is 5.88 Å². The summed E-state index contributed by atoms with van der Waals surface area (Å²) in [7, 11) is 0. The minimum atomic E-state index is -0.488. The highest BCUT2D eigenvalue weighted by Crippen LogP contribution is 2.17. The molecule has 0 fully saturated rings. The van der Waals surface area contributed by atoms with Crippen LogP contribution in [0.2, 0.25) is 5.02 Å². The lowest BCUT2D eigenvalue weighted by molar-refractivity contribution is 0.347. The standard InChI is InChI=1S/C7H7ClN2O2.C2H6/c1-2-3-12-6-5(8)4-9-7(11)10-6;1-2/h2,4H,1,3H2,(H,9,10,11);1-2H3. The maximum Gasteiger partial charge on any atom is 0.347 e. The van der Waals surface area contributed by atoms with Gasteiger partial charge >= 0.3 is 5.69 Å². The molecule has 0 bridgehead atoms. The largest absolute Gasteiger partial charge is 0.474 e. The number of H-pyrrole nitrogens is 1. The van der Waals surface area contributed by atoms with Gasteiger partial charge in [0, 0.05) is 0 Å². The van der Waals surface area contributed by atoms with Gasteiger partial charge < -0.3 is 4.74 Å². The summed E-state index contributed by atoms with van der Waals surface area (Å²) in [5, 5.41) is 0.274. The third-order valence-corrected chi connectivity index (χ3v) is 1.35.